The number of benzene rings is 1. The molecule has 2 aliphatic rings. The summed E-state index contributed by atoms with van der Waals surface area (Å²) >= 11 is 0. The van der Waals surface area contributed by atoms with Crippen LogP contribution in [0.25, 0.3) is 0 Å². The second kappa shape index (κ2) is 11.5. The zero-order valence-corrected chi connectivity index (χ0v) is 19.0. The molecule has 1 aromatic rings. The molecular weight excluding hydrogens is 491 g/mol. The summed E-state index contributed by atoms with van der Waals surface area (Å²) in [4.78, 5) is 18.0. The molecule has 1 unspecified atom stereocenters. The molecule has 1 aliphatic carbocycles. The lowest BCUT2D eigenvalue weighted by molar-refractivity contribution is -0.121. The number of carbonyl (C=O) groups excluding carboxylic acids is 1. The zero-order valence-electron chi connectivity index (χ0n) is 16.7. The summed E-state index contributed by atoms with van der Waals surface area (Å²) in [6, 6.07) is 4.38. The quantitative estimate of drug-likeness (QED) is 0.213. The first kappa shape index (κ1) is 23.6. The number of nitrogens with one attached hydrogen (secondary N) is 3. The number of hydrogen-bond acceptors (Lipinski definition) is 3. The van der Waals surface area contributed by atoms with E-state index in [0.717, 1.165) is 19.3 Å². The number of carbonyl (C=O) groups is 1. The third-order valence-corrected chi connectivity index (χ3v) is 4.90. The van der Waals surface area contributed by atoms with Crippen LogP contribution in [-0.2, 0) is 4.79 Å². The van der Waals surface area contributed by atoms with Gasteiger partial charge in [-0.3, -0.25) is 9.79 Å². The van der Waals surface area contributed by atoms with Crippen molar-refractivity contribution in [2.24, 2.45) is 4.99 Å². The van der Waals surface area contributed by atoms with E-state index in [2.05, 4.69) is 20.9 Å². The van der Waals surface area contributed by atoms with Crippen molar-refractivity contribution in [3.63, 3.8) is 0 Å². The van der Waals surface area contributed by atoms with Crippen LogP contribution in [0.1, 0.15) is 39.0 Å². The number of aliphatic imine (C=N–C) groups is 1. The van der Waals surface area contributed by atoms with Crippen LogP contribution < -0.4 is 20.9 Å². The predicted molar refractivity (Wildman–Crippen MR) is 122 cm³/mol. The number of rotatable bonds is 8. The lowest BCUT2D eigenvalue weighted by Crippen LogP contribution is -2.44. The van der Waals surface area contributed by atoms with Gasteiger partial charge in [0.25, 0.3) is 0 Å². The third-order valence-electron chi connectivity index (χ3n) is 4.90. The van der Waals surface area contributed by atoms with Crippen LogP contribution in [0.3, 0.4) is 0 Å². The summed E-state index contributed by atoms with van der Waals surface area (Å²) < 4.78 is 28.0. The van der Waals surface area contributed by atoms with Crippen LogP contribution in [0.4, 0.5) is 14.5 Å². The van der Waals surface area contributed by atoms with Crippen molar-refractivity contribution in [3.8, 4) is 0 Å². The molecule has 1 heterocycles. The van der Waals surface area contributed by atoms with Crippen LogP contribution in [-0.4, -0.2) is 50.1 Å². The molecule has 0 bridgehead atoms. The van der Waals surface area contributed by atoms with E-state index in [9.17, 15) is 13.6 Å². The van der Waals surface area contributed by atoms with Gasteiger partial charge in [-0.15, -0.1) is 24.0 Å². The van der Waals surface area contributed by atoms with Gasteiger partial charge in [-0.25, -0.2) is 8.78 Å². The number of para-hydroxylation sites is 1. The van der Waals surface area contributed by atoms with Gasteiger partial charge in [0.15, 0.2) is 5.96 Å². The van der Waals surface area contributed by atoms with Crippen molar-refractivity contribution in [2.75, 3.05) is 31.1 Å². The molecule has 1 aliphatic heterocycles. The molecule has 6 nitrogen and oxygen atoms in total. The Morgan fingerprint density at radius 1 is 1.17 bits per heavy atom. The van der Waals surface area contributed by atoms with Crippen molar-refractivity contribution < 1.29 is 13.6 Å². The SMILES string of the molecule is CCNC(=NCCCC(=O)NC1CC1)NC1CCN(c2c(F)cccc2F)C1.I. The molecule has 2 fully saturated rings. The van der Waals surface area contributed by atoms with Gasteiger partial charge >= 0.3 is 0 Å². The van der Waals surface area contributed by atoms with Crippen LogP contribution in [0.5, 0.6) is 0 Å². The van der Waals surface area contributed by atoms with Crippen LogP contribution in [0.2, 0.25) is 0 Å². The second-order valence-corrected chi connectivity index (χ2v) is 7.35. The fourth-order valence-corrected chi connectivity index (χ4v) is 3.34. The summed E-state index contributed by atoms with van der Waals surface area (Å²) in [5.74, 6) is -0.309. The normalized spacial score (nSPS) is 18.9. The lowest BCUT2D eigenvalue weighted by Gasteiger charge is -2.21. The third kappa shape index (κ3) is 7.27. The molecule has 3 N–H and O–H groups in total. The van der Waals surface area contributed by atoms with Crippen molar-refractivity contribution in [1.29, 1.82) is 0 Å². The monoisotopic (exact) mass is 521 g/mol. The van der Waals surface area contributed by atoms with Crippen molar-refractivity contribution in [2.45, 2.75) is 51.1 Å². The Kier molecular flexibility index (Phi) is 9.38. The molecule has 1 saturated carbocycles. The maximum atomic E-state index is 14.0. The van der Waals surface area contributed by atoms with E-state index in [1.807, 2.05) is 6.92 Å². The van der Waals surface area contributed by atoms with Crippen LogP contribution >= 0.6 is 24.0 Å². The van der Waals surface area contributed by atoms with Crippen LogP contribution in [0, 0.1) is 11.6 Å². The fraction of sp³-hybridized carbons (Fsp3) is 0.600. The highest BCUT2D eigenvalue weighted by Gasteiger charge is 2.27. The number of anilines is 1. The Labute approximate surface area is 187 Å². The van der Waals surface area contributed by atoms with Gasteiger partial charge in [-0.1, -0.05) is 6.07 Å². The summed E-state index contributed by atoms with van der Waals surface area (Å²) in [5, 5.41) is 9.50. The minimum atomic E-state index is -0.536. The van der Waals surface area contributed by atoms with Gasteiger partial charge in [0.1, 0.15) is 17.3 Å². The van der Waals surface area contributed by atoms with Gasteiger partial charge in [-0.05, 0) is 44.7 Å². The molecule has 9 heteroatoms. The Bertz CT molecular complexity index is 694. The smallest absolute Gasteiger partial charge is 0.220 e. The van der Waals surface area contributed by atoms with E-state index >= 15 is 0 Å². The lowest BCUT2D eigenvalue weighted by atomic mass is 10.2. The van der Waals surface area contributed by atoms with E-state index in [4.69, 9.17) is 0 Å². The topological polar surface area (TPSA) is 68.8 Å². The molecule has 0 aromatic heterocycles. The Morgan fingerprint density at radius 2 is 1.90 bits per heavy atom. The van der Waals surface area contributed by atoms with Gasteiger partial charge in [-0.2, -0.15) is 0 Å². The molecule has 3 rings (SSSR count). The Hall–Kier alpha value is -1.65. The van der Waals surface area contributed by atoms with Crippen molar-refractivity contribution in [3.05, 3.63) is 29.8 Å². The maximum absolute atomic E-state index is 14.0. The van der Waals surface area contributed by atoms with E-state index in [-0.39, 0.29) is 41.6 Å². The Morgan fingerprint density at radius 3 is 2.55 bits per heavy atom. The summed E-state index contributed by atoms with van der Waals surface area (Å²) in [5.41, 5.74) is 0.0374. The highest BCUT2D eigenvalue weighted by molar-refractivity contribution is 14.0. The average Bonchev–Trinajstić information content (AvgIpc) is 3.35. The highest BCUT2D eigenvalue weighted by atomic mass is 127. The van der Waals surface area contributed by atoms with E-state index < -0.39 is 11.6 Å². The first-order valence-corrected chi connectivity index (χ1v) is 10.1. The predicted octanol–water partition coefficient (Wildman–Crippen LogP) is 2.78. The summed E-state index contributed by atoms with van der Waals surface area (Å²) in [7, 11) is 0. The van der Waals surface area contributed by atoms with Crippen LogP contribution in [0.15, 0.2) is 23.2 Å². The molecule has 29 heavy (non-hydrogen) atoms. The highest BCUT2D eigenvalue weighted by Crippen LogP contribution is 2.26. The molecule has 0 spiro atoms. The van der Waals surface area contributed by atoms with Gasteiger partial charge in [0.05, 0.1) is 0 Å². The first-order chi connectivity index (χ1) is 13.6. The van der Waals surface area contributed by atoms with Gasteiger partial charge in [0, 0.05) is 44.7 Å². The molecular formula is C20H30F2IN5O. The number of amides is 1. The van der Waals surface area contributed by atoms with Gasteiger partial charge < -0.3 is 20.9 Å². The minimum Gasteiger partial charge on any atom is -0.365 e. The van der Waals surface area contributed by atoms with Gasteiger partial charge in [0.2, 0.25) is 5.91 Å². The molecule has 1 amide bonds. The van der Waals surface area contributed by atoms with Crippen molar-refractivity contribution >= 4 is 41.5 Å². The molecule has 1 saturated heterocycles. The average molecular weight is 521 g/mol. The van der Waals surface area contributed by atoms with Crippen molar-refractivity contribution in [1.82, 2.24) is 16.0 Å². The number of halogens is 3. The summed E-state index contributed by atoms with van der Waals surface area (Å²) in [6.07, 6.45) is 4.11. The second-order valence-electron chi connectivity index (χ2n) is 7.35. The van der Waals surface area contributed by atoms with E-state index in [0.29, 0.717) is 51.0 Å². The standard InChI is InChI=1S/C20H29F2N5O.HI/c1-2-23-20(24-11-4-7-18(28)25-14-8-9-14)26-15-10-12-27(13-15)19-16(21)5-3-6-17(19)22;/h3,5-6,14-15H,2,4,7-13H2,1H3,(H,25,28)(H2,23,24,26);1H. The summed E-state index contributed by atoms with van der Waals surface area (Å²) in [6.45, 7) is 4.33. The molecule has 1 atom stereocenters. The molecule has 1 aromatic carbocycles. The van der Waals surface area contributed by atoms with E-state index in [1.54, 1.807) is 4.90 Å². The number of nitrogens with zero attached hydrogens (tertiary/aromatic N) is 2. The molecule has 0 radical (unpaired) electrons. The number of hydrogen-bond donors (Lipinski definition) is 3. The fourth-order valence-electron chi connectivity index (χ4n) is 3.34. The molecule has 162 valence electrons. The number of guanidine groups is 1. The first-order valence-electron chi connectivity index (χ1n) is 10.1. The van der Waals surface area contributed by atoms with E-state index in [1.165, 1.54) is 18.2 Å². The maximum Gasteiger partial charge on any atom is 0.220 e. The largest absolute Gasteiger partial charge is 0.365 e. The zero-order chi connectivity index (χ0) is 19.9. The minimum absolute atomic E-state index is 0. The Balaban J connectivity index is 0.00000300.